The number of benzene rings is 4. The van der Waals surface area contributed by atoms with E-state index in [1.165, 1.54) is 0 Å². The van der Waals surface area contributed by atoms with Gasteiger partial charge >= 0.3 is 250 Å². The molecule has 0 spiro atoms. The zero-order valence-corrected chi connectivity index (χ0v) is 26.4. The van der Waals surface area contributed by atoms with E-state index in [0.29, 0.717) is 18.6 Å². The Morgan fingerprint density at radius 3 is 1.40 bits per heavy atom. The summed E-state index contributed by atoms with van der Waals surface area (Å²) in [6, 6.07) is 25.6. The molecule has 42 heavy (non-hydrogen) atoms. The molecule has 0 atom stereocenters. The summed E-state index contributed by atoms with van der Waals surface area (Å²) in [6.45, 7) is 2.45. The summed E-state index contributed by atoms with van der Waals surface area (Å²) in [6.07, 6.45) is 1.72. The van der Waals surface area contributed by atoms with Gasteiger partial charge in [-0.1, -0.05) is 0 Å². The predicted molar refractivity (Wildman–Crippen MR) is 172 cm³/mol. The average Bonchev–Trinajstić information content (AvgIpc) is 2.95. The van der Waals surface area contributed by atoms with Crippen LogP contribution in [0.15, 0.2) is 78.9 Å². The van der Waals surface area contributed by atoms with Crippen LogP contribution in [0.25, 0.3) is 0 Å². The Morgan fingerprint density at radius 2 is 0.976 bits per heavy atom. The van der Waals surface area contributed by atoms with Gasteiger partial charge in [0.2, 0.25) is 0 Å². The number of rotatable bonds is 13. The van der Waals surface area contributed by atoms with Crippen molar-refractivity contribution in [1.82, 2.24) is 0 Å². The Kier molecular flexibility index (Phi) is 9.96. The molecule has 0 saturated carbocycles. The average molecular weight is 591 g/mol. The van der Waals surface area contributed by atoms with Crippen molar-refractivity contribution >= 4 is 12.1 Å². The van der Waals surface area contributed by atoms with Crippen molar-refractivity contribution in [2.24, 2.45) is 0 Å². The molecule has 0 saturated heterocycles. The van der Waals surface area contributed by atoms with Crippen LogP contribution in [0.3, 0.4) is 0 Å². The van der Waals surface area contributed by atoms with Gasteiger partial charge in [-0.05, 0) is 0 Å². The molecular weight excluding hydrogens is 547 g/mol. The van der Waals surface area contributed by atoms with E-state index < -0.39 is 6.83 Å². The van der Waals surface area contributed by atoms with Crippen molar-refractivity contribution in [1.29, 1.82) is 0 Å². The fraction of sp³-hybridized carbons (Fsp3) is 0.314. The van der Waals surface area contributed by atoms with Crippen molar-refractivity contribution in [2.45, 2.75) is 33.6 Å². The van der Waals surface area contributed by atoms with E-state index in [0.717, 1.165) is 44.2 Å². The van der Waals surface area contributed by atoms with Gasteiger partial charge < -0.3 is 0 Å². The molecule has 0 aliphatic carbocycles. The number of phenols is 2. The molecule has 0 aromatic heterocycles. The number of aryl methyl sites for hydroxylation is 3. The van der Waals surface area contributed by atoms with Gasteiger partial charge in [0.25, 0.3) is 0 Å². The molecular formula is C35H43O6P. The van der Waals surface area contributed by atoms with Crippen LogP contribution in [0.2, 0.25) is 0 Å². The molecule has 0 amide bonds. The monoisotopic (exact) mass is 590 g/mol. The van der Waals surface area contributed by atoms with Crippen LogP contribution in [-0.2, 0) is 27.1 Å². The summed E-state index contributed by atoms with van der Waals surface area (Å²) in [5, 5.41) is 22.6. The molecule has 4 rings (SSSR count). The molecule has 224 valence electrons. The molecule has 0 radical (unpaired) electrons. The molecule has 0 aliphatic rings. The van der Waals surface area contributed by atoms with E-state index in [9.17, 15) is 10.2 Å². The molecule has 4 aromatic rings. The summed E-state index contributed by atoms with van der Waals surface area (Å²) in [7, 11) is 5.02. The standard InChI is InChI=1S/C35H43O6P/c1-25-12-14-33(36)28(16-25)20-30-18-27(3)19-31(21-29-17-26(2)13-15-34(29)37)35(30)41-42(22-38-4,23-39-5,24-40-6)32-10-8-7-9-11-32/h7-19,36-37H,20-24H2,1-6H3. The van der Waals surface area contributed by atoms with Gasteiger partial charge in [0.15, 0.2) is 0 Å². The number of hydrogen-bond donors (Lipinski definition) is 2. The van der Waals surface area contributed by atoms with E-state index in [4.69, 9.17) is 18.7 Å². The Bertz CT molecular complexity index is 1420. The normalized spacial score (nSPS) is 12.6. The SMILES string of the molecule is COCP(COC)(COC)(Oc1c(Cc2cc(C)ccc2O)cc(C)cc1Cc1cc(C)ccc1O)c1ccccc1. The molecule has 0 heterocycles. The number of phenolic OH excluding ortho intramolecular Hbond substituents is 2. The van der Waals surface area contributed by atoms with E-state index in [1.807, 2.05) is 56.3 Å². The Morgan fingerprint density at radius 1 is 0.548 bits per heavy atom. The molecule has 7 heteroatoms. The Hall–Kier alpha value is -3.41. The second kappa shape index (κ2) is 13.3. The third-order valence-corrected chi connectivity index (χ3v) is 12.5. The van der Waals surface area contributed by atoms with Crippen molar-refractivity contribution < 1.29 is 28.9 Å². The van der Waals surface area contributed by atoms with Gasteiger partial charge in [-0.2, -0.15) is 0 Å². The molecule has 0 aliphatic heterocycles. The number of ether oxygens (including phenoxy) is 3. The first-order chi connectivity index (χ1) is 20.1. The minimum atomic E-state index is -3.63. The third kappa shape index (κ3) is 6.63. The summed E-state index contributed by atoms with van der Waals surface area (Å²) in [5.41, 5.74) is 6.63. The van der Waals surface area contributed by atoms with Crippen LogP contribution in [0, 0.1) is 20.8 Å². The second-order valence-electron chi connectivity index (χ2n) is 11.3. The number of methoxy groups -OCH3 is 3. The van der Waals surface area contributed by atoms with Crippen molar-refractivity contribution in [3.05, 3.63) is 118 Å². The fourth-order valence-electron chi connectivity index (χ4n) is 5.84. The summed E-state index contributed by atoms with van der Waals surface area (Å²) < 4.78 is 25.3. The van der Waals surface area contributed by atoms with E-state index >= 15 is 0 Å². The van der Waals surface area contributed by atoms with Crippen LogP contribution in [-0.4, -0.2) is 50.6 Å². The predicted octanol–water partition coefficient (Wildman–Crippen LogP) is 7.19. The molecule has 0 unspecified atom stereocenters. The fourth-order valence-corrected chi connectivity index (χ4v) is 10.2. The van der Waals surface area contributed by atoms with Gasteiger partial charge in [-0.3, -0.25) is 0 Å². The van der Waals surface area contributed by atoms with Crippen molar-refractivity contribution in [2.75, 3.05) is 40.4 Å². The van der Waals surface area contributed by atoms with Crippen LogP contribution in [0.1, 0.15) is 38.9 Å². The summed E-state index contributed by atoms with van der Waals surface area (Å²) in [5.74, 6) is 1.16. The van der Waals surface area contributed by atoms with Crippen molar-refractivity contribution in [3.63, 3.8) is 0 Å². The van der Waals surface area contributed by atoms with Crippen LogP contribution in [0.4, 0.5) is 0 Å². The Labute approximate surface area is 249 Å². The van der Waals surface area contributed by atoms with Gasteiger partial charge in [0, 0.05) is 0 Å². The van der Waals surface area contributed by atoms with Crippen molar-refractivity contribution in [3.8, 4) is 17.2 Å². The quantitative estimate of drug-likeness (QED) is 0.161. The first-order valence-corrected chi connectivity index (χ1v) is 16.8. The van der Waals surface area contributed by atoms with Gasteiger partial charge in [0.1, 0.15) is 0 Å². The first-order valence-electron chi connectivity index (χ1n) is 14.1. The van der Waals surface area contributed by atoms with E-state index in [-0.39, 0.29) is 30.5 Å². The maximum atomic E-state index is 10.8. The molecule has 0 bridgehead atoms. The summed E-state index contributed by atoms with van der Waals surface area (Å²) in [4.78, 5) is 0. The molecule has 4 aromatic carbocycles. The van der Waals surface area contributed by atoms with Crippen LogP contribution in [0.5, 0.6) is 17.2 Å². The van der Waals surface area contributed by atoms with E-state index in [2.05, 4.69) is 31.2 Å². The van der Waals surface area contributed by atoms with Gasteiger partial charge in [0.05, 0.1) is 0 Å². The van der Waals surface area contributed by atoms with Crippen LogP contribution < -0.4 is 9.83 Å². The first kappa shape index (κ1) is 31.5. The van der Waals surface area contributed by atoms with Gasteiger partial charge in [-0.15, -0.1) is 0 Å². The topological polar surface area (TPSA) is 77.4 Å². The molecule has 6 nitrogen and oxygen atoms in total. The molecule has 2 N–H and O–H groups in total. The zero-order valence-electron chi connectivity index (χ0n) is 25.5. The Balaban J connectivity index is 2.02. The number of aromatic hydroxyl groups is 2. The zero-order chi connectivity index (χ0) is 30.4. The summed E-state index contributed by atoms with van der Waals surface area (Å²) >= 11 is 0. The minimum absolute atomic E-state index is 0.233. The third-order valence-electron chi connectivity index (χ3n) is 7.65. The van der Waals surface area contributed by atoms with Gasteiger partial charge in [-0.25, -0.2) is 0 Å². The van der Waals surface area contributed by atoms with E-state index in [1.54, 1.807) is 33.5 Å². The van der Waals surface area contributed by atoms with Crippen LogP contribution >= 0.6 is 6.83 Å². The second-order valence-corrected chi connectivity index (χ2v) is 16.1. The maximum absolute atomic E-state index is 10.8. The number of hydrogen-bond acceptors (Lipinski definition) is 6. The molecule has 0 fully saturated rings.